The van der Waals surface area contributed by atoms with Crippen LogP contribution in [0.15, 0.2) is 30.3 Å². The van der Waals surface area contributed by atoms with E-state index in [9.17, 15) is 9.59 Å². The van der Waals surface area contributed by atoms with E-state index in [4.69, 9.17) is 0 Å². The Morgan fingerprint density at radius 3 is 2.38 bits per heavy atom. The molecular weight excluding hydrogens is 164 g/mol. The summed E-state index contributed by atoms with van der Waals surface area (Å²) >= 11 is 0. The molecule has 0 aliphatic heterocycles. The van der Waals surface area contributed by atoms with Crippen LogP contribution in [0, 0.1) is 0 Å². The third-order valence-corrected chi connectivity index (χ3v) is 1.65. The van der Waals surface area contributed by atoms with Crippen LogP contribution in [0.2, 0.25) is 0 Å². The van der Waals surface area contributed by atoms with Crippen LogP contribution in [0.4, 0.5) is 0 Å². The highest BCUT2D eigenvalue weighted by Crippen LogP contribution is 2.08. The minimum absolute atomic E-state index is 0.382. The van der Waals surface area contributed by atoms with Crippen LogP contribution < -0.4 is 0 Å². The van der Waals surface area contributed by atoms with Gasteiger partial charge in [0.2, 0.25) is 0 Å². The summed E-state index contributed by atoms with van der Waals surface area (Å²) in [6, 6.07) is 7.24. The van der Waals surface area contributed by atoms with E-state index in [-0.39, 0.29) is 0 Å². The number of hydrogen-bond donors (Lipinski definition) is 0. The van der Waals surface area contributed by atoms with Crippen molar-refractivity contribution < 1.29 is 9.59 Å². The lowest BCUT2D eigenvalue weighted by Gasteiger charge is -1.95. The topological polar surface area (TPSA) is 34.1 Å². The summed E-state index contributed by atoms with van der Waals surface area (Å²) in [5, 5.41) is 0. The summed E-state index contributed by atoms with van der Waals surface area (Å²) in [5.41, 5.74) is 1.49. The molecule has 0 N–H and O–H groups in total. The monoisotopic (exact) mass is 174 g/mol. The summed E-state index contributed by atoms with van der Waals surface area (Å²) in [6.45, 7) is 0. The average molecular weight is 174 g/mol. The zero-order chi connectivity index (χ0) is 9.52. The Hall–Kier alpha value is -1.70. The van der Waals surface area contributed by atoms with Gasteiger partial charge < -0.3 is 4.79 Å². The Bertz CT molecular complexity index is 327. The molecule has 0 unspecified atom stereocenters. The number of aldehydes is 2. The Morgan fingerprint density at radius 2 is 1.77 bits per heavy atom. The van der Waals surface area contributed by atoms with E-state index in [1.807, 2.05) is 12.1 Å². The molecule has 0 amide bonds. The maximum atomic E-state index is 10.6. The molecule has 0 radical (unpaired) electrons. The van der Waals surface area contributed by atoms with Crippen LogP contribution >= 0.6 is 0 Å². The van der Waals surface area contributed by atoms with E-state index >= 15 is 0 Å². The van der Waals surface area contributed by atoms with E-state index in [0.717, 1.165) is 18.1 Å². The fourth-order valence-electron chi connectivity index (χ4n) is 1.02. The van der Waals surface area contributed by atoms with Gasteiger partial charge in [-0.2, -0.15) is 0 Å². The van der Waals surface area contributed by atoms with E-state index in [2.05, 4.69) is 0 Å². The molecule has 0 saturated carbocycles. The van der Waals surface area contributed by atoms with Crippen molar-refractivity contribution in [3.05, 3.63) is 41.5 Å². The zero-order valence-electron chi connectivity index (χ0n) is 7.14. The van der Waals surface area contributed by atoms with Gasteiger partial charge in [-0.05, 0) is 5.56 Å². The lowest BCUT2D eigenvalue weighted by molar-refractivity contribution is -0.107. The van der Waals surface area contributed by atoms with Crippen LogP contribution in [0.25, 0.3) is 6.08 Å². The Balaban J connectivity index is 2.86. The third kappa shape index (κ3) is 2.67. The van der Waals surface area contributed by atoms with Crippen molar-refractivity contribution in [1.82, 2.24) is 0 Å². The average Bonchev–Trinajstić information content (AvgIpc) is 2.19. The van der Waals surface area contributed by atoms with Crippen molar-refractivity contribution in [2.75, 3.05) is 0 Å². The molecule has 0 fully saturated rings. The molecule has 0 aliphatic rings. The first-order valence-electron chi connectivity index (χ1n) is 4.03. The van der Waals surface area contributed by atoms with Gasteiger partial charge in [-0.15, -0.1) is 0 Å². The number of rotatable bonds is 4. The maximum Gasteiger partial charge on any atom is 0.150 e. The van der Waals surface area contributed by atoms with Crippen LogP contribution in [-0.2, 0) is 4.79 Å². The minimum Gasteiger partial charge on any atom is -0.303 e. The molecule has 13 heavy (non-hydrogen) atoms. The SMILES string of the molecule is O=CCC=Cc1ccccc1C=O. The molecule has 1 aromatic carbocycles. The second-order valence-corrected chi connectivity index (χ2v) is 2.55. The normalized spacial score (nSPS) is 10.2. The Kier molecular flexibility index (Phi) is 3.64. The van der Waals surface area contributed by atoms with Crippen molar-refractivity contribution in [2.24, 2.45) is 0 Å². The number of benzene rings is 1. The predicted octanol–water partition coefficient (Wildman–Crippen LogP) is 2.10. The summed E-state index contributed by atoms with van der Waals surface area (Å²) in [4.78, 5) is 20.6. The summed E-state index contributed by atoms with van der Waals surface area (Å²) in [5.74, 6) is 0. The second kappa shape index (κ2) is 5.04. The first-order chi connectivity index (χ1) is 6.38. The zero-order valence-corrected chi connectivity index (χ0v) is 7.14. The van der Waals surface area contributed by atoms with Crippen molar-refractivity contribution in [2.45, 2.75) is 6.42 Å². The molecule has 0 saturated heterocycles. The standard InChI is InChI=1S/C11H10O2/c12-8-4-3-6-10-5-1-2-7-11(10)9-13/h1-3,5-9H,4H2. The van der Waals surface area contributed by atoms with Gasteiger partial charge in [-0.1, -0.05) is 36.4 Å². The molecule has 0 atom stereocenters. The first kappa shape index (κ1) is 9.39. The summed E-state index contributed by atoms with van der Waals surface area (Å²) in [7, 11) is 0. The van der Waals surface area contributed by atoms with Crippen molar-refractivity contribution in [3.8, 4) is 0 Å². The molecule has 1 aromatic rings. The van der Waals surface area contributed by atoms with Gasteiger partial charge in [-0.3, -0.25) is 4.79 Å². The van der Waals surface area contributed by atoms with Crippen LogP contribution in [0.1, 0.15) is 22.3 Å². The molecule has 66 valence electrons. The number of carbonyl (C=O) groups excluding carboxylic acids is 2. The van der Waals surface area contributed by atoms with Gasteiger partial charge >= 0.3 is 0 Å². The van der Waals surface area contributed by atoms with E-state index in [1.165, 1.54) is 0 Å². The predicted molar refractivity (Wildman–Crippen MR) is 51.5 cm³/mol. The Labute approximate surface area is 76.9 Å². The van der Waals surface area contributed by atoms with E-state index in [1.54, 1.807) is 24.3 Å². The molecule has 0 bridgehead atoms. The largest absolute Gasteiger partial charge is 0.303 e. The molecule has 2 nitrogen and oxygen atoms in total. The fourth-order valence-corrected chi connectivity index (χ4v) is 1.02. The summed E-state index contributed by atoms with van der Waals surface area (Å²) in [6.07, 6.45) is 5.52. The van der Waals surface area contributed by atoms with Crippen molar-refractivity contribution in [3.63, 3.8) is 0 Å². The maximum absolute atomic E-state index is 10.6. The van der Waals surface area contributed by atoms with Gasteiger partial charge in [0.1, 0.15) is 6.29 Å². The Morgan fingerprint density at radius 1 is 1.08 bits per heavy atom. The smallest absolute Gasteiger partial charge is 0.150 e. The van der Waals surface area contributed by atoms with E-state index < -0.39 is 0 Å². The number of hydrogen-bond acceptors (Lipinski definition) is 2. The first-order valence-corrected chi connectivity index (χ1v) is 4.03. The fraction of sp³-hybridized carbons (Fsp3) is 0.0909. The minimum atomic E-state index is 0.382. The van der Waals surface area contributed by atoms with Crippen molar-refractivity contribution in [1.29, 1.82) is 0 Å². The van der Waals surface area contributed by atoms with Crippen molar-refractivity contribution >= 4 is 18.6 Å². The van der Waals surface area contributed by atoms with Gasteiger partial charge in [0.05, 0.1) is 0 Å². The number of allylic oxidation sites excluding steroid dienone is 1. The molecule has 0 aromatic heterocycles. The number of carbonyl (C=O) groups is 2. The molecule has 2 heteroatoms. The lowest BCUT2D eigenvalue weighted by Crippen LogP contribution is -1.83. The van der Waals surface area contributed by atoms with Crippen LogP contribution in [0.5, 0.6) is 0 Å². The van der Waals surface area contributed by atoms with Gasteiger partial charge in [0.25, 0.3) is 0 Å². The molecular formula is C11H10O2. The van der Waals surface area contributed by atoms with Gasteiger partial charge in [-0.25, -0.2) is 0 Å². The molecule has 0 aliphatic carbocycles. The third-order valence-electron chi connectivity index (χ3n) is 1.65. The van der Waals surface area contributed by atoms with Gasteiger partial charge in [0.15, 0.2) is 6.29 Å². The van der Waals surface area contributed by atoms with Crippen LogP contribution in [0.3, 0.4) is 0 Å². The quantitative estimate of drug-likeness (QED) is 0.655. The lowest BCUT2D eigenvalue weighted by atomic mass is 10.1. The molecule has 0 heterocycles. The highest BCUT2D eigenvalue weighted by atomic mass is 16.1. The highest BCUT2D eigenvalue weighted by Gasteiger charge is 1.94. The molecule has 0 spiro atoms. The van der Waals surface area contributed by atoms with Gasteiger partial charge in [0, 0.05) is 12.0 Å². The van der Waals surface area contributed by atoms with E-state index in [0.29, 0.717) is 12.0 Å². The summed E-state index contributed by atoms with van der Waals surface area (Å²) < 4.78 is 0. The van der Waals surface area contributed by atoms with Crippen LogP contribution in [-0.4, -0.2) is 12.6 Å². The molecule has 1 rings (SSSR count). The second-order valence-electron chi connectivity index (χ2n) is 2.55. The highest BCUT2D eigenvalue weighted by molar-refractivity contribution is 5.81.